The molecule has 0 spiro atoms. The van der Waals surface area contributed by atoms with Gasteiger partial charge in [-0.1, -0.05) is 17.7 Å². The van der Waals surface area contributed by atoms with Crippen LogP contribution in [0.25, 0.3) is 11.2 Å². The number of amides is 1. The number of esters is 3. The minimum Gasteiger partial charge on any atom is -0.463 e. The number of fused-ring (bicyclic) bond motifs is 1. The van der Waals surface area contributed by atoms with Gasteiger partial charge in [0, 0.05) is 27.7 Å². The number of carbonyl (C=O) groups excluding carboxylic acids is 4. The molecule has 16 nitrogen and oxygen atoms in total. The fourth-order valence-corrected chi connectivity index (χ4v) is 5.01. The maximum Gasteiger partial charge on any atom is 0.340 e. The molecule has 4 rings (SSSR count). The van der Waals surface area contributed by atoms with Crippen molar-refractivity contribution in [1.82, 2.24) is 19.5 Å². The van der Waals surface area contributed by atoms with Crippen molar-refractivity contribution < 1.29 is 50.7 Å². The average molecular weight is 606 g/mol. The van der Waals surface area contributed by atoms with Crippen molar-refractivity contribution >= 4 is 51.0 Å². The summed E-state index contributed by atoms with van der Waals surface area (Å²) in [7, 11) is -4.41. The van der Waals surface area contributed by atoms with Gasteiger partial charge in [0.1, 0.15) is 17.6 Å². The third-order valence-electron chi connectivity index (χ3n) is 5.79. The van der Waals surface area contributed by atoms with E-state index in [1.54, 1.807) is 19.1 Å². The molecule has 42 heavy (non-hydrogen) atoms. The topological polar surface area (TPSA) is 204 Å². The van der Waals surface area contributed by atoms with Gasteiger partial charge in [-0.3, -0.25) is 29.1 Å². The summed E-state index contributed by atoms with van der Waals surface area (Å²) in [6.07, 6.45) is -3.68. The molecule has 0 saturated carbocycles. The Balaban J connectivity index is 1.82. The van der Waals surface area contributed by atoms with E-state index in [2.05, 4.69) is 20.3 Å². The summed E-state index contributed by atoms with van der Waals surface area (Å²) in [6.45, 7) is 6.06. The van der Waals surface area contributed by atoms with Crippen LogP contribution in [0.15, 0.2) is 35.5 Å². The molecule has 1 aliphatic heterocycles. The number of nitrogens with zero attached hydrogens (tertiary/aromatic N) is 4. The van der Waals surface area contributed by atoms with Crippen molar-refractivity contribution in [2.45, 2.75) is 64.1 Å². The molecule has 1 aromatic carbocycles. The largest absolute Gasteiger partial charge is 0.463 e. The predicted molar refractivity (Wildman–Crippen MR) is 140 cm³/mol. The number of aromatic nitrogens is 4. The molecule has 1 N–H and O–H groups in total. The summed E-state index contributed by atoms with van der Waals surface area (Å²) in [5.41, 5.74) is 0.570. The van der Waals surface area contributed by atoms with E-state index >= 15 is 0 Å². The Morgan fingerprint density at radius 2 is 1.60 bits per heavy atom. The number of ether oxygens (including phenoxy) is 4. The highest BCUT2D eigenvalue weighted by Gasteiger charge is 2.51. The molecule has 0 unspecified atom stereocenters. The van der Waals surface area contributed by atoms with E-state index in [1.165, 1.54) is 36.9 Å². The highest BCUT2D eigenvalue weighted by molar-refractivity contribution is 7.87. The molecule has 4 atom stereocenters. The predicted octanol–water partition coefficient (Wildman–Crippen LogP) is 1.18. The first kappa shape index (κ1) is 30.3. The van der Waals surface area contributed by atoms with Crippen LogP contribution in [0, 0.1) is 6.92 Å². The lowest BCUT2D eigenvalue weighted by molar-refractivity contribution is -0.166. The molecule has 0 bridgehead atoms. The SMILES string of the molecule is CC(=O)Nc1nc(OS(=O)(=O)c2ccc(C)cc2)c2ncn([C@@H]3O[C@H](COC(C)=O)[C@@H](OC(C)=O)[C@H]3OC(C)=O)c2n1. The van der Waals surface area contributed by atoms with Crippen molar-refractivity contribution in [2.24, 2.45) is 0 Å². The fraction of sp³-hybridized carbons (Fsp3) is 0.400. The second-order valence-corrected chi connectivity index (χ2v) is 10.8. The van der Waals surface area contributed by atoms with Crippen LogP contribution in [0.1, 0.15) is 39.5 Å². The number of hydrogen-bond acceptors (Lipinski definition) is 14. The molecule has 1 aliphatic rings. The van der Waals surface area contributed by atoms with Crippen molar-refractivity contribution in [3.63, 3.8) is 0 Å². The Bertz CT molecular complexity index is 1640. The van der Waals surface area contributed by atoms with Gasteiger partial charge >= 0.3 is 28.0 Å². The first-order valence-electron chi connectivity index (χ1n) is 12.4. The zero-order valence-corrected chi connectivity index (χ0v) is 23.9. The van der Waals surface area contributed by atoms with Gasteiger partial charge in [-0.05, 0) is 19.1 Å². The molecule has 3 heterocycles. The van der Waals surface area contributed by atoms with Crippen LogP contribution in [0.2, 0.25) is 0 Å². The highest BCUT2D eigenvalue weighted by atomic mass is 32.2. The van der Waals surface area contributed by atoms with E-state index in [9.17, 15) is 27.6 Å². The summed E-state index contributed by atoms with van der Waals surface area (Å²) in [4.78, 5) is 59.6. The Hall–Kier alpha value is -4.64. The fourth-order valence-electron chi connectivity index (χ4n) is 4.12. The van der Waals surface area contributed by atoms with E-state index in [4.69, 9.17) is 23.1 Å². The van der Waals surface area contributed by atoms with Crippen LogP contribution >= 0.6 is 0 Å². The van der Waals surface area contributed by atoms with Crippen LogP contribution in [0.4, 0.5) is 5.95 Å². The molecule has 1 fully saturated rings. The van der Waals surface area contributed by atoms with Gasteiger partial charge in [0.05, 0.1) is 6.33 Å². The third kappa shape index (κ3) is 6.80. The van der Waals surface area contributed by atoms with Gasteiger partial charge in [0.2, 0.25) is 11.9 Å². The van der Waals surface area contributed by atoms with E-state index < -0.39 is 64.4 Å². The summed E-state index contributed by atoms with van der Waals surface area (Å²) in [5, 5.41) is 2.37. The van der Waals surface area contributed by atoms with Crippen LogP contribution in [0.3, 0.4) is 0 Å². The number of imidazole rings is 1. The number of aryl methyl sites for hydroxylation is 1. The number of carbonyl (C=O) groups is 4. The quantitative estimate of drug-likeness (QED) is 0.207. The van der Waals surface area contributed by atoms with Crippen LogP contribution in [-0.2, 0) is 48.2 Å². The molecular weight excluding hydrogens is 578 g/mol. The molecule has 0 radical (unpaired) electrons. The summed E-state index contributed by atoms with van der Waals surface area (Å²) >= 11 is 0. The number of benzene rings is 1. The summed E-state index contributed by atoms with van der Waals surface area (Å²) in [6, 6.07) is 5.87. The highest BCUT2D eigenvalue weighted by Crippen LogP contribution is 2.37. The van der Waals surface area contributed by atoms with Crippen LogP contribution < -0.4 is 9.50 Å². The van der Waals surface area contributed by atoms with E-state index in [0.29, 0.717) is 0 Å². The molecule has 1 saturated heterocycles. The smallest absolute Gasteiger partial charge is 0.340 e. The Labute approximate surface area is 239 Å². The van der Waals surface area contributed by atoms with Crippen molar-refractivity contribution in [2.75, 3.05) is 11.9 Å². The number of hydrogen-bond donors (Lipinski definition) is 1. The molecule has 224 valence electrons. The lowest BCUT2D eigenvalue weighted by Gasteiger charge is -2.23. The van der Waals surface area contributed by atoms with E-state index in [1.807, 2.05) is 0 Å². The van der Waals surface area contributed by atoms with Crippen molar-refractivity contribution in [3.05, 3.63) is 36.2 Å². The Kier molecular flexibility index (Phi) is 8.72. The average Bonchev–Trinajstić information content (AvgIpc) is 3.43. The molecular formula is C25H27N5O11S. The van der Waals surface area contributed by atoms with E-state index in [0.717, 1.165) is 19.4 Å². The number of anilines is 1. The van der Waals surface area contributed by atoms with Gasteiger partial charge in [-0.25, -0.2) is 4.98 Å². The van der Waals surface area contributed by atoms with Gasteiger partial charge in [-0.15, -0.1) is 0 Å². The normalized spacial score (nSPS) is 20.1. The number of rotatable bonds is 9. The zero-order valence-electron chi connectivity index (χ0n) is 23.1. The van der Waals surface area contributed by atoms with E-state index in [-0.39, 0.29) is 28.6 Å². The number of nitrogens with one attached hydrogen (secondary N) is 1. The first-order valence-corrected chi connectivity index (χ1v) is 13.8. The molecule has 3 aromatic rings. The minimum absolute atomic E-state index is 0.0975. The second kappa shape index (κ2) is 12.1. The van der Waals surface area contributed by atoms with Gasteiger partial charge in [0.25, 0.3) is 5.88 Å². The van der Waals surface area contributed by atoms with Crippen LogP contribution in [0.5, 0.6) is 5.88 Å². The molecule has 1 amide bonds. The summed E-state index contributed by atoms with van der Waals surface area (Å²) < 4.78 is 54.6. The minimum atomic E-state index is -4.41. The van der Waals surface area contributed by atoms with Crippen molar-refractivity contribution in [3.8, 4) is 5.88 Å². The third-order valence-corrected chi connectivity index (χ3v) is 7.02. The maximum absolute atomic E-state index is 13.1. The van der Waals surface area contributed by atoms with Gasteiger partial charge in [0.15, 0.2) is 29.6 Å². The molecule has 0 aliphatic carbocycles. The maximum atomic E-state index is 13.1. The van der Waals surface area contributed by atoms with Crippen LogP contribution in [-0.4, -0.2) is 76.7 Å². The standard InChI is InChI=1S/C25H27N5O11S/c1-12-6-8-17(9-7-12)42(35,36)41-23-19-22(28-25(29-23)27-13(2)31)30(11-26-19)24-21(39-16(5)34)20(38-15(4)33)18(40-24)10-37-14(3)32/h6-9,11,18,20-21,24H,10H2,1-5H3,(H,27,28,29,31)/t18-,20-,21-,24-/m1/s1. The monoisotopic (exact) mass is 605 g/mol. The first-order chi connectivity index (χ1) is 19.7. The van der Waals surface area contributed by atoms with Gasteiger partial charge in [-0.2, -0.15) is 18.4 Å². The zero-order chi connectivity index (χ0) is 30.8. The lowest BCUT2D eigenvalue weighted by atomic mass is 10.1. The second-order valence-electron chi connectivity index (χ2n) is 9.22. The Morgan fingerprint density at radius 3 is 2.19 bits per heavy atom. The van der Waals surface area contributed by atoms with Crippen molar-refractivity contribution in [1.29, 1.82) is 0 Å². The lowest BCUT2D eigenvalue weighted by Crippen LogP contribution is -2.40. The summed E-state index contributed by atoms with van der Waals surface area (Å²) in [5.74, 6) is -3.52. The molecule has 2 aromatic heterocycles. The van der Waals surface area contributed by atoms with Gasteiger partial charge < -0.3 is 23.1 Å². The Morgan fingerprint density at radius 1 is 0.952 bits per heavy atom. The molecule has 17 heteroatoms.